The number of benzene rings is 1. The highest BCUT2D eigenvalue weighted by Gasteiger charge is 2.33. The third-order valence-corrected chi connectivity index (χ3v) is 6.19. The number of imidazole rings is 1. The van der Waals surface area contributed by atoms with Crippen molar-refractivity contribution in [3.05, 3.63) is 53.1 Å². The van der Waals surface area contributed by atoms with Crippen LogP contribution in [0, 0.1) is 10.1 Å². The van der Waals surface area contributed by atoms with E-state index in [1.54, 1.807) is 12.5 Å². The molecule has 0 atom stereocenters. The van der Waals surface area contributed by atoms with Gasteiger partial charge in [0.15, 0.2) is 4.90 Å². The minimum absolute atomic E-state index is 0.244. The zero-order valence-corrected chi connectivity index (χ0v) is 14.4. The normalized spacial score (nSPS) is 16.8. The number of piperazine rings is 1. The quantitative estimate of drug-likeness (QED) is 0.554. The summed E-state index contributed by atoms with van der Waals surface area (Å²) in [6.07, 6.45) is 5.35. The molecular weight excluding hydrogens is 346 g/mol. The van der Waals surface area contributed by atoms with Crippen molar-refractivity contribution < 1.29 is 13.3 Å². The van der Waals surface area contributed by atoms with Crippen LogP contribution in [0.15, 0.2) is 47.9 Å². The molecule has 9 nitrogen and oxygen atoms in total. The first-order valence-corrected chi connectivity index (χ1v) is 9.34. The van der Waals surface area contributed by atoms with Gasteiger partial charge in [-0.2, -0.15) is 4.31 Å². The number of sulfonamides is 1. The Balaban J connectivity index is 1.65. The van der Waals surface area contributed by atoms with Crippen LogP contribution in [-0.4, -0.2) is 64.8 Å². The predicted molar refractivity (Wildman–Crippen MR) is 90.5 cm³/mol. The van der Waals surface area contributed by atoms with Crippen LogP contribution in [0.5, 0.6) is 0 Å². The Bertz CT molecular complexity index is 829. The summed E-state index contributed by atoms with van der Waals surface area (Å²) in [5.74, 6) is 0. The van der Waals surface area contributed by atoms with E-state index in [4.69, 9.17) is 0 Å². The van der Waals surface area contributed by atoms with Crippen molar-refractivity contribution in [3.63, 3.8) is 0 Å². The molecule has 1 aliphatic rings. The highest BCUT2D eigenvalue weighted by atomic mass is 32.2. The molecule has 1 aromatic carbocycles. The molecule has 0 unspecified atom stereocenters. The minimum Gasteiger partial charge on any atom is -0.336 e. The molecule has 0 aliphatic carbocycles. The van der Waals surface area contributed by atoms with Gasteiger partial charge in [0, 0.05) is 57.7 Å². The van der Waals surface area contributed by atoms with Crippen LogP contribution in [0.4, 0.5) is 5.69 Å². The first-order chi connectivity index (χ1) is 12.0. The lowest BCUT2D eigenvalue weighted by Gasteiger charge is -2.33. The molecule has 0 amide bonds. The maximum Gasteiger partial charge on any atom is 0.289 e. The van der Waals surface area contributed by atoms with Crippen LogP contribution in [-0.2, 0) is 16.6 Å². The second-order valence-electron chi connectivity index (χ2n) is 5.77. The van der Waals surface area contributed by atoms with Gasteiger partial charge >= 0.3 is 0 Å². The molecule has 0 radical (unpaired) electrons. The maximum atomic E-state index is 12.8. The molecule has 1 saturated heterocycles. The molecule has 1 aliphatic heterocycles. The third kappa shape index (κ3) is 3.86. The van der Waals surface area contributed by atoms with E-state index in [9.17, 15) is 18.5 Å². The summed E-state index contributed by atoms with van der Waals surface area (Å²) in [4.78, 5) is 16.4. The zero-order valence-electron chi connectivity index (χ0n) is 13.6. The molecule has 0 bridgehead atoms. The fraction of sp³-hybridized carbons (Fsp3) is 0.400. The molecule has 3 rings (SSSR count). The van der Waals surface area contributed by atoms with Crippen LogP contribution in [0.3, 0.4) is 0 Å². The smallest absolute Gasteiger partial charge is 0.289 e. The number of rotatable bonds is 6. The lowest BCUT2D eigenvalue weighted by Crippen LogP contribution is -2.49. The van der Waals surface area contributed by atoms with Crippen molar-refractivity contribution in [1.29, 1.82) is 0 Å². The van der Waals surface area contributed by atoms with Gasteiger partial charge in [0.05, 0.1) is 11.3 Å². The molecule has 134 valence electrons. The summed E-state index contributed by atoms with van der Waals surface area (Å²) in [6.45, 7) is 3.41. The molecular formula is C15H19N5O4S. The van der Waals surface area contributed by atoms with Gasteiger partial charge in [-0.25, -0.2) is 13.4 Å². The van der Waals surface area contributed by atoms with Crippen LogP contribution >= 0.6 is 0 Å². The molecule has 2 aromatic rings. The monoisotopic (exact) mass is 365 g/mol. The number of aromatic nitrogens is 2. The van der Waals surface area contributed by atoms with E-state index in [0.29, 0.717) is 26.2 Å². The average molecular weight is 365 g/mol. The largest absolute Gasteiger partial charge is 0.336 e. The Hall–Kier alpha value is -2.30. The van der Waals surface area contributed by atoms with Crippen molar-refractivity contribution in [1.82, 2.24) is 18.8 Å². The highest BCUT2D eigenvalue weighted by Crippen LogP contribution is 2.26. The summed E-state index contributed by atoms with van der Waals surface area (Å²) in [6, 6.07) is 5.47. The number of hydrogen-bond donors (Lipinski definition) is 0. The lowest BCUT2D eigenvalue weighted by atomic mass is 10.3. The molecule has 25 heavy (non-hydrogen) atoms. The summed E-state index contributed by atoms with van der Waals surface area (Å²) in [7, 11) is -3.87. The summed E-state index contributed by atoms with van der Waals surface area (Å²) in [5.41, 5.74) is -0.384. The Kier molecular flexibility index (Phi) is 5.11. The van der Waals surface area contributed by atoms with E-state index in [1.165, 1.54) is 28.6 Å². The molecule has 1 fully saturated rings. The maximum absolute atomic E-state index is 12.8. The lowest BCUT2D eigenvalue weighted by molar-refractivity contribution is -0.387. The zero-order chi connectivity index (χ0) is 17.9. The first kappa shape index (κ1) is 17.5. The Morgan fingerprint density at radius 1 is 1.12 bits per heavy atom. The third-order valence-electron chi connectivity index (χ3n) is 4.24. The standard InChI is InChI=1S/C15H19N5O4S/c21-20(22)14-3-1-2-4-15(14)25(23,24)19-11-9-17(10-12-19)7-8-18-6-5-16-13-18/h1-6,13H,7-12H2. The Morgan fingerprint density at radius 2 is 1.84 bits per heavy atom. The number of nitro benzene ring substituents is 1. The van der Waals surface area contributed by atoms with Crippen LogP contribution < -0.4 is 0 Å². The predicted octanol–water partition coefficient (Wildman–Crippen LogP) is 0.798. The van der Waals surface area contributed by atoms with E-state index < -0.39 is 14.9 Å². The van der Waals surface area contributed by atoms with Gasteiger partial charge in [0.1, 0.15) is 0 Å². The molecule has 1 aromatic heterocycles. The molecule has 2 heterocycles. The summed E-state index contributed by atoms with van der Waals surface area (Å²) < 4.78 is 28.8. The van der Waals surface area contributed by atoms with Gasteiger partial charge in [0.2, 0.25) is 10.0 Å². The van der Waals surface area contributed by atoms with E-state index in [2.05, 4.69) is 9.88 Å². The minimum atomic E-state index is -3.87. The van der Waals surface area contributed by atoms with Crippen molar-refractivity contribution in [2.24, 2.45) is 0 Å². The summed E-state index contributed by atoms with van der Waals surface area (Å²) in [5, 5.41) is 11.1. The van der Waals surface area contributed by atoms with Crippen LogP contribution in [0.1, 0.15) is 0 Å². The van der Waals surface area contributed by atoms with E-state index >= 15 is 0 Å². The van der Waals surface area contributed by atoms with Crippen molar-refractivity contribution in [2.45, 2.75) is 11.4 Å². The average Bonchev–Trinajstić information content (AvgIpc) is 3.14. The number of nitro groups is 1. The van der Waals surface area contributed by atoms with Crippen molar-refractivity contribution in [3.8, 4) is 0 Å². The number of nitrogens with zero attached hydrogens (tertiary/aromatic N) is 5. The molecule has 10 heteroatoms. The van der Waals surface area contributed by atoms with Gasteiger partial charge in [-0.05, 0) is 6.07 Å². The number of hydrogen-bond acceptors (Lipinski definition) is 6. The molecule has 0 N–H and O–H groups in total. The fourth-order valence-electron chi connectivity index (χ4n) is 2.83. The van der Waals surface area contributed by atoms with Gasteiger partial charge in [0.25, 0.3) is 5.69 Å². The van der Waals surface area contributed by atoms with Crippen LogP contribution in [0.2, 0.25) is 0 Å². The van der Waals surface area contributed by atoms with Gasteiger partial charge in [-0.15, -0.1) is 0 Å². The number of para-hydroxylation sites is 1. The van der Waals surface area contributed by atoms with Crippen molar-refractivity contribution in [2.75, 3.05) is 32.7 Å². The van der Waals surface area contributed by atoms with Gasteiger partial charge < -0.3 is 4.57 Å². The Morgan fingerprint density at radius 3 is 2.48 bits per heavy atom. The second kappa shape index (κ2) is 7.30. The second-order valence-corrected chi connectivity index (χ2v) is 7.68. The topological polar surface area (TPSA) is 102 Å². The molecule has 0 saturated carbocycles. The fourth-order valence-corrected chi connectivity index (χ4v) is 4.41. The van der Waals surface area contributed by atoms with Gasteiger partial charge in [-0.3, -0.25) is 15.0 Å². The SMILES string of the molecule is O=[N+]([O-])c1ccccc1S(=O)(=O)N1CCN(CCn2ccnc2)CC1. The Labute approximate surface area is 145 Å². The first-order valence-electron chi connectivity index (χ1n) is 7.90. The van der Waals surface area contributed by atoms with E-state index in [1.807, 2.05) is 10.8 Å². The highest BCUT2D eigenvalue weighted by molar-refractivity contribution is 7.89. The molecule has 0 spiro atoms. The van der Waals surface area contributed by atoms with Gasteiger partial charge in [-0.1, -0.05) is 12.1 Å². The van der Waals surface area contributed by atoms with E-state index in [-0.39, 0.29) is 10.6 Å². The summed E-state index contributed by atoms with van der Waals surface area (Å²) >= 11 is 0. The van der Waals surface area contributed by atoms with E-state index in [0.717, 1.165) is 13.1 Å². The van der Waals surface area contributed by atoms with Crippen LogP contribution in [0.25, 0.3) is 0 Å². The van der Waals surface area contributed by atoms with Crippen molar-refractivity contribution >= 4 is 15.7 Å².